The summed E-state index contributed by atoms with van der Waals surface area (Å²) in [4.78, 5) is 16.8. The number of fused-ring (bicyclic) bond motifs is 1. The quantitative estimate of drug-likeness (QED) is 0.281. The van der Waals surface area contributed by atoms with Gasteiger partial charge in [0.1, 0.15) is 11.4 Å². The summed E-state index contributed by atoms with van der Waals surface area (Å²) in [7, 11) is 0. The lowest BCUT2D eigenvalue weighted by Crippen LogP contribution is -2.46. The summed E-state index contributed by atoms with van der Waals surface area (Å²) >= 11 is 20.6. The van der Waals surface area contributed by atoms with Gasteiger partial charge in [0.2, 0.25) is 0 Å². The first-order valence-corrected chi connectivity index (χ1v) is 13.5. The first-order valence-electron chi connectivity index (χ1n) is 11.5. The van der Waals surface area contributed by atoms with Gasteiger partial charge >= 0.3 is 0 Å². The molecule has 1 aromatic carbocycles. The van der Waals surface area contributed by atoms with Crippen molar-refractivity contribution in [2.75, 3.05) is 13.1 Å². The molecule has 1 saturated heterocycles. The highest BCUT2D eigenvalue weighted by Gasteiger charge is 2.26. The van der Waals surface area contributed by atoms with E-state index in [9.17, 15) is 4.79 Å². The van der Waals surface area contributed by atoms with E-state index < -0.39 is 0 Å². The molecule has 0 spiro atoms. The SMILES string of the molecule is CC(C)N1CCC(NC(=O)c2cc3c(Cl)ccc(Cl)c3n2Cc2cc(-c3ccc(Cl)s3)on2)CC1. The van der Waals surface area contributed by atoms with E-state index in [1.807, 2.05) is 28.8 Å². The lowest BCUT2D eigenvalue weighted by Gasteiger charge is -2.34. The number of likely N-dealkylation sites (tertiary alicyclic amines) is 1. The third-order valence-corrected chi connectivity index (χ3v) is 8.36. The fourth-order valence-corrected chi connectivity index (χ4v) is 6.05. The van der Waals surface area contributed by atoms with Gasteiger partial charge in [0, 0.05) is 36.6 Å². The van der Waals surface area contributed by atoms with E-state index in [-0.39, 0.29) is 11.9 Å². The molecule has 5 rings (SSSR count). The van der Waals surface area contributed by atoms with E-state index in [2.05, 4.69) is 29.2 Å². The summed E-state index contributed by atoms with van der Waals surface area (Å²) in [6.45, 7) is 6.65. The van der Waals surface area contributed by atoms with Crippen molar-refractivity contribution in [2.24, 2.45) is 0 Å². The van der Waals surface area contributed by atoms with Crippen LogP contribution in [0.1, 0.15) is 42.9 Å². The third-order valence-electron chi connectivity index (χ3n) is 6.48. The Morgan fingerprint density at radius 1 is 1.14 bits per heavy atom. The molecule has 1 N–H and O–H groups in total. The number of nitrogens with one attached hydrogen (secondary N) is 1. The summed E-state index contributed by atoms with van der Waals surface area (Å²) in [5.74, 6) is 0.477. The average Bonchev–Trinajstić information content (AvgIpc) is 3.56. The van der Waals surface area contributed by atoms with Crippen LogP contribution in [0.5, 0.6) is 0 Å². The van der Waals surface area contributed by atoms with E-state index in [1.54, 1.807) is 12.1 Å². The second-order valence-electron chi connectivity index (χ2n) is 9.07. The molecule has 10 heteroatoms. The van der Waals surface area contributed by atoms with E-state index in [0.717, 1.165) is 36.2 Å². The van der Waals surface area contributed by atoms with Gasteiger partial charge in [-0.25, -0.2) is 0 Å². The summed E-state index contributed by atoms with van der Waals surface area (Å²) < 4.78 is 8.10. The summed E-state index contributed by atoms with van der Waals surface area (Å²) in [6.07, 6.45) is 1.84. The monoisotopic (exact) mass is 550 g/mol. The fourth-order valence-electron chi connectivity index (χ4n) is 4.59. The molecule has 3 aromatic heterocycles. The van der Waals surface area contributed by atoms with Crippen molar-refractivity contribution in [1.29, 1.82) is 0 Å². The zero-order valence-electron chi connectivity index (χ0n) is 19.4. The van der Waals surface area contributed by atoms with Crippen molar-refractivity contribution < 1.29 is 9.32 Å². The number of nitrogens with zero attached hydrogens (tertiary/aromatic N) is 3. The average molecular weight is 552 g/mol. The molecular weight excluding hydrogens is 527 g/mol. The molecule has 0 bridgehead atoms. The van der Waals surface area contributed by atoms with Crippen LogP contribution in [0.3, 0.4) is 0 Å². The largest absolute Gasteiger partial charge is 0.355 e. The second-order valence-corrected chi connectivity index (χ2v) is 11.6. The van der Waals surface area contributed by atoms with Crippen molar-refractivity contribution >= 4 is 62.9 Å². The number of benzene rings is 1. The maximum Gasteiger partial charge on any atom is 0.268 e. The highest BCUT2D eigenvalue weighted by molar-refractivity contribution is 7.19. The maximum absolute atomic E-state index is 13.5. The van der Waals surface area contributed by atoms with Crippen molar-refractivity contribution in [1.82, 2.24) is 19.9 Å². The topological polar surface area (TPSA) is 63.3 Å². The molecular formula is C25H25Cl3N4O2S. The van der Waals surface area contributed by atoms with Crippen molar-refractivity contribution in [3.63, 3.8) is 0 Å². The molecule has 0 aliphatic carbocycles. The molecule has 6 nitrogen and oxygen atoms in total. The van der Waals surface area contributed by atoms with Gasteiger partial charge < -0.3 is 19.3 Å². The number of piperidine rings is 1. The van der Waals surface area contributed by atoms with Gasteiger partial charge in [-0.2, -0.15) is 0 Å². The van der Waals surface area contributed by atoms with Gasteiger partial charge in [0.25, 0.3) is 5.91 Å². The smallest absolute Gasteiger partial charge is 0.268 e. The predicted octanol–water partition coefficient (Wildman–Crippen LogP) is 6.97. The maximum atomic E-state index is 13.5. The van der Waals surface area contributed by atoms with Gasteiger partial charge in [0.15, 0.2) is 5.76 Å². The number of halogens is 3. The highest BCUT2D eigenvalue weighted by Crippen LogP contribution is 2.35. The fraction of sp³-hybridized carbons (Fsp3) is 0.360. The molecule has 1 aliphatic heterocycles. The van der Waals surface area contributed by atoms with Crippen LogP contribution in [-0.2, 0) is 6.54 Å². The molecule has 0 saturated carbocycles. The Hall–Kier alpha value is -2.03. The second kappa shape index (κ2) is 10.1. The zero-order chi connectivity index (χ0) is 24.7. The lowest BCUT2D eigenvalue weighted by molar-refractivity contribution is 0.0892. The molecule has 0 atom stereocenters. The Morgan fingerprint density at radius 2 is 1.89 bits per heavy atom. The normalized spacial score (nSPS) is 15.4. The van der Waals surface area contributed by atoms with E-state index in [1.165, 1.54) is 11.3 Å². The van der Waals surface area contributed by atoms with Crippen LogP contribution in [0.2, 0.25) is 14.4 Å². The number of amides is 1. The van der Waals surface area contributed by atoms with Gasteiger partial charge in [-0.15, -0.1) is 11.3 Å². The van der Waals surface area contributed by atoms with Gasteiger partial charge in [-0.1, -0.05) is 40.0 Å². The number of hydrogen-bond donors (Lipinski definition) is 1. The molecule has 4 aromatic rings. The number of carbonyl (C=O) groups is 1. The molecule has 4 heterocycles. The Balaban J connectivity index is 1.44. The Labute approximate surface area is 222 Å². The van der Waals surface area contributed by atoms with E-state index >= 15 is 0 Å². The van der Waals surface area contributed by atoms with Gasteiger partial charge in [0.05, 0.1) is 31.3 Å². The van der Waals surface area contributed by atoms with Crippen LogP contribution in [0.4, 0.5) is 0 Å². The van der Waals surface area contributed by atoms with Crippen LogP contribution < -0.4 is 5.32 Å². The number of thiophene rings is 1. The molecule has 0 radical (unpaired) electrons. The Morgan fingerprint density at radius 3 is 2.57 bits per heavy atom. The first-order chi connectivity index (χ1) is 16.8. The van der Waals surface area contributed by atoms with Crippen LogP contribution in [0, 0.1) is 0 Å². The molecule has 1 aliphatic rings. The van der Waals surface area contributed by atoms with Crippen molar-refractivity contribution in [3.05, 3.63) is 62.2 Å². The van der Waals surface area contributed by atoms with Gasteiger partial charge in [-0.3, -0.25) is 4.79 Å². The number of carbonyl (C=O) groups excluding carboxylic acids is 1. The van der Waals surface area contributed by atoms with Crippen molar-refractivity contribution in [3.8, 4) is 10.6 Å². The number of rotatable bonds is 6. The van der Waals surface area contributed by atoms with Gasteiger partial charge in [-0.05, 0) is 57.0 Å². The minimum atomic E-state index is -0.148. The van der Waals surface area contributed by atoms with E-state index in [4.69, 9.17) is 39.3 Å². The third kappa shape index (κ3) is 5.11. The summed E-state index contributed by atoms with van der Waals surface area (Å²) in [5.41, 5.74) is 1.85. The number of aromatic nitrogens is 2. The highest BCUT2D eigenvalue weighted by atomic mass is 35.5. The van der Waals surface area contributed by atoms with Crippen molar-refractivity contribution in [2.45, 2.75) is 45.3 Å². The zero-order valence-corrected chi connectivity index (χ0v) is 22.4. The summed E-state index contributed by atoms with van der Waals surface area (Å²) in [5, 5.41) is 9.24. The number of hydrogen-bond acceptors (Lipinski definition) is 5. The Kier molecular flexibility index (Phi) is 7.15. The molecule has 0 unspecified atom stereocenters. The minimum absolute atomic E-state index is 0.122. The predicted molar refractivity (Wildman–Crippen MR) is 143 cm³/mol. The van der Waals surface area contributed by atoms with Crippen LogP contribution >= 0.6 is 46.1 Å². The molecule has 1 amide bonds. The van der Waals surface area contributed by atoms with Crippen LogP contribution in [-0.4, -0.2) is 45.7 Å². The minimum Gasteiger partial charge on any atom is -0.355 e. The van der Waals surface area contributed by atoms with Crippen LogP contribution in [0.25, 0.3) is 21.5 Å². The lowest BCUT2D eigenvalue weighted by atomic mass is 10.0. The van der Waals surface area contributed by atoms with E-state index in [0.29, 0.717) is 49.6 Å². The molecule has 1 fully saturated rings. The van der Waals surface area contributed by atoms with Crippen LogP contribution in [0.15, 0.2) is 40.9 Å². The first kappa shape index (κ1) is 24.7. The molecule has 35 heavy (non-hydrogen) atoms. The Bertz CT molecular complexity index is 1370. The summed E-state index contributed by atoms with van der Waals surface area (Å²) in [6, 6.07) is 11.5. The standard InChI is InChI=1S/C25H25Cl3N4O2S/c1-14(2)31-9-7-15(8-10-31)29-25(33)20-12-17-18(26)3-4-19(27)24(17)32(20)13-16-11-21(34-30-16)22-5-6-23(28)35-22/h3-6,11-12,14-15H,7-10,13H2,1-2H3,(H,29,33). The molecule has 184 valence electrons.